The second kappa shape index (κ2) is 11.9. The van der Waals surface area contributed by atoms with Gasteiger partial charge in [0.15, 0.2) is 23.9 Å². The summed E-state index contributed by atoms with van der Waals surface area (Å²) in [5.74, 6) is -0.618. The van der Waals surface area contributed by atoms with E-state index in [1.54, 1.807) is 54.6 Å². The van der Waals surface area contributed by atoms with Crippen molar-refractivity contribution >= 4 is 34.9 Å². The molecule has 1 N–H and O–H groups in total. The second-order valence-corrected chi connectivity index (χ2v) is 7.47. The molecule has 0 saturated heterocycles. The van der Waals surface area contributed by atoms with E-state index in [9.17, 15) is 14.4 Å². The lowest BCUT2D eigenvalue weighted by molar-refractivity contribution is -0.119. The van der Waals surface area contributed by atoms with Crippen LogP contribution in [-0.2, 0) is 9.53 Å². The molecule has 34 heavy (non-hydrogen) atoms. The van der Waals surface area contributed by atoms with Crippen LogP contribution in [0.2, 0.25) is 5.02 Å². The van der Waals surface area contributed by atoms with Gasteiger partial charge in [-0.05, 0) is 56.3 Å². The summed E-state index contributed by atoms with van der Waals surface area (Å²) in [6.45, 7) is 4.09. The Labute approximate surface area is 202 Å². The number of rotatable bonds is 10. The minimum atomic E-state index is -0.783. The molecule has 0 radical (unpaired) electrons. The molecule has 0 aromatic heterocycles. The number of esters is 1. The van der Waals surface area contributed by atoms with Gasteiger partial charge in [0.1, 0.15) is 0 Å². The van der Waals surface area contributed by atoms with Gasteiger partial charge in [-0.25, -0.2) is 4.79 Å². The van der Waals surface area contributed by atoms with Crippen molar-refractivity contribution in [1.29, 1.82) is 0 Å². The van der Waals surface area contributed by atoms with E-state index in [1.165, 1.54) is 12.1 Å². The van der Waals surface area contributed by atoms with Crippen LogP contribution < -0.4 is 14.8 Å². The van der Waals surface area contributed by atoms with Gasteiger partial charge in [0.05, 0.1) is 18.8 Å². The van der Waals surface area contributed by atoms with Gasteiger partial charge in [0.2, 0.25) is 0 Å². The molecule has 3 aromatic rings. The number of ether oxygens (including phenoxy) is 3. The van der Waals surface area contributed by atoms with E-state index in [1.807, 2.05) is 13.8 Å². The van der Waals surface area contributed by atoms with Gasteiger partial charge in [-0.1, -0.05) is 29.8 Å². The van der Waals surface area contributed by atoms with Crippen LogP contribution in [0.15, 0.2) is 66.7 Å². The van der Waals surface area contributed by atoms with Crippen molar-refractivity contribution in [1.82, 2.24) is 0 Å². The Morgan fingerprint density at radius 1 is 0.824 bits per heavy atom. The van der Waals surface area contributed by atoms with Gasteiger partial charge >= 0.3 is 5.97 Å². The highest BCUT2D eigenvalue weighted by molar-refractivity contribution is 6.30. The molecule has 0 fully saturated rings. The van der Waals surface area contributed by atoms with Crippen molar-refractivity contribution in [2.45, 2.75) is 13.8 Å². The highest BCUT2D eigenvalue weighted by atomic mass is 35.5. The third-order valence-electron chi connectivity index (χ3n) is 4.66. The molecule has 3 rings (SSSR count). The maximum atomic E-state index is 12.9. The quantitative estimate of drug-likeness (QED) is 0.317. The maximum Gasteiger partial charge on any atom is 0.339 e. The van der Waals surface area contributed by atoms with Crippen LogP contribution >= 0.6 is 11.6 Å². The average molecular weight is 482 g/mol. The Morgan fingerprint density at radius 2 is 1.47 bits per heavy atom. The lowest BCUT2D eigenvalue weighted by Crippen LogP contribution is -2.22. The molecule has 0 atom stereocenters. The van der Waals surface area contributed by atoms with Gasteiger partial charge in [-0.2, -0.15) is 0 Å². The van der Waals surface area contributed by atoms with Crippen LogP contribution in [-0.4, -0.2) is 37.5 Å². The van der Waals surface area contributed by atoms with Gasteiger partial charge in [0, 0.05) is 27.9 Å². The van der Waals surface area contributed by atoms with Crippen molar-refractivity contribution in [3.63, 3.8) is 0 Å². The van der Waals surface area contributed by atoms with E-state index in [0.717, 1.165) is 0 Å². The van der Waals surface area contributed by atoms with Crippen molar-refractivity contribution < 1.29 is 28.6 Å². The predicted octanol–water partition coefficient (Wildman–Crippen LogP) is 5.16. The number of benzene rings is 3. The minimum absolute atomic E-state index is 0.0648. The van der Waals surface area contributed by atoms with E-state index < -0.39 is 18.5 Å². The molecule has 8 heteroatoms. The maximum absolute atomic E-state index is 12.9. The third-order valence-corrected chi connectivity index (χ3v) is 4.91. The smallest absolute Gasteiger partial charge is 0.339 e. The first-order valence-electron chi connectivity index (χ1n) is 10.7. The summed E-state index contributed by atoms with van der Waals surface area (Å²) in [4.78, 5) is 37.9. The summed E-state index contributed by atoms with van der Waals surface area (Å²) in [5.41, 5.74) is 1.08. The van der Waals surface area contributed by atoms with Crippen LogP contribution in [0.4, 0.5) is 5.69 Å². The zero-order valence-electron chi connectivity index (χ0n) is 18.8. The lowest BCUT2D eigenvalue weighted by atomic mass is 9.98. The number of hydrogen-bond acceptors (Lipinski definition) is 6. The summed E-state index contributed by atoms with van der Waals surface area (Å²) < 4.78 is 16.2. The van der Waals surface area contributed by atoms with Gasteiger partial charge in [0.25, 0.3) is 5.91 Å². The summed E-state index contributed by atoms with van der Waals surface area (Å²) in [6, 6.07) is 17.6. The Kier molecular flexibility index (Phi) is 8.65. The van der Waals surface area contributed by atoms with Gasteiger partial charge in [-0.3, -0.25) is 9.59 Å². The fraction of sp³-hybridized carbons (Fsp3) is 0.192. The fourth-order valence-corrected chi connectivity index (χ4v) is 3.28. The predicted molar refractivity (Wildman–Crippen MR) is 129 cm³/mol. The third kappa shape index (κ3) is 6.36. The first kappa shape index (κ1) is 24.8. The highest BCUT2D eigenvalue weighted by Gasteiger charge is 2.20. The molecule has 0 spiro atoms. The summed E-state index contributed by atoms with van der Waals surface area (Å²) >= 11 is 5.88. The molecule has 0 saturated carbocycles. The largest absolute Gasteiger partial charge is 0.490 e. The molecule has 176 valence electrons. The monoisotopic (exact) mass is 481 g/mol. The lowest BCUT2D eigenvalue weighted by Gasteiger charge is -2.13. The Hall–Kier alpha value is -3.84. The first-order valence-corrected chi connectivity index (χ1v) is 11.1. The standard InChI is InChI=1S/C26H24ClNO6/c1-3-32-22-14-13-19(15-23(22)33-4-2)28-24(29)16-34-26(31)21-8-6-5-7-20(21)25(30)17-9-11-18(27)12-10-17/h5-15H,3-4,16H2,1-2H3,(H,28,29). The number of halogens is 1. The topological polar surface area (TPSA) is 90.9 Å². The van der Waals surface area contributed by atoms with Crippen LogP contribution in [0.25, 0.3) is 0 Å². The van der Waals surface area contributed by atoms with Crippen LogP contribution in [0.3, 0.4) is 0 Å². The van der Waals surface area contributed by atoms with E-state index in [2.05, 4.69) is 5.32 Å². The van der Waals surface area contributed by atoms with Crippen LogP contribution in [0.5, 0.6) is 11.5 Å². The fourth-order valence-electron chi connectivity index (χ4n) is 3.15. The van der Waals surface area contributed by atoms with E-state index in [-0.39, 0.29) is 16.9 Å². The molecule has 0 unspecified atom stereocenters. The Balaban J connectivity index is 1.66. The molecule has 0 aliphatic heterocycles. The number of hydrogen-bond donors (Lipinski definition) is 1. The number of ketones is 1. The number of carbonyl (C=O) groups is 3. The SMILES string of the molecule is CCOc1ccc(NC(=O)COC(=O)c2ccccc2C(=O)c2ccc(Cl)cc2)cc1OCC. The van der Waals surface area contributed by atoms with Gasteiger partial charge < -0.3 is 19.5 Å². The van der Waals surface area contributed by atoms with Crippen molar-refractivity contribution in [2.75, 3.05) is 25.1 Å². The normalized spacial score (nSPS) is 10.3. The van der Waals surface area contributed by atoms with Crippen molar-refractivity contribution in [3.8, 4) is 11.5 Å². The molecule has 0 aliphatic rings. The number of amides is 1. The molecule has 3 aromatic carbocycles. The second-order valence-electron chi connectivity index (χ2n) is 7.03. The zero-order chi connectivity index (χ0) is 24.5. The summed E-state index contributed by atoms with van der Waals surface area (Å²) in [5, 5.41) is 3.15. The molecule has 1 amide bonds. The Bertz CT molecular complexity index is 1180. The Morgan fingerprint density at radius 3 is 2.15 bits per heavy atom. The van der Waals surface area contributed by atoms with Crippen LogP contribution in [0, 0.1) is 0 Å². The molecule has 0 aliphatic carbocycles. The van der Waals surface area contributed by atoms with Gasteiger partial charge in [-0.15, -0.1) is 0 Å². The summed E-state index contributed by atoms with van der Waals surface area (Å²) in [7, 11) is 0. The average Bonchev–Trinajstić information content (AvgIpc) is 2.84. The summed E-state index contributed by atoms with van der Waals surface area (Å²) in [6.07, 6.45) is 0. The number of nitrogens with one attached hydrogen (secondary N) is 1. The van der Waals surface area contributed by atoms with E-state index >= 15 is 0 Å². The molecular formula is C26H24ClNO6. The molecule has 0 heterocycles. The molecular weight excluding hydrogens is 458 g/mol. The highest BCUT2D eigenvalue weighted by Crippen LogP contribution is 2.30. The zero-order valence-corrected chi connectivity index (χ0v) is 19.6. The van der Waals surface area contributed by atoms with Crippen LogP contribution in [0.1, 0.15) is 40.1 Å². The van der Waals surface area contributed by atoms with E-state index in [4.69, 9.17) is 25.8 Å². The number of anilines is 1. The van der Waals surface area contributed by atoms with E-state index in [0.29, 0.717) is 41.0 Å². The minimum Gasteiger partial charge on any atom is -0.490 e. The van der Waals surface area contributed by atoms with Crippen molar-refractivity contribution in [3.05, 3.63) is 88.4 Å². The number of carbonyl (C=O) groups excluding carboxylic acids is 3. The van der Waals surface area contributed by atoms with Crippen molar-refractivity contribution in [2.24, 2.45) is 0 Å². The molecule has 0 bridgehead atoms. The first-order chi connectivity index (χ1) is 16.4. The molecule has 7 nitrogen and oxygen atoms in total.